The molecule has 0 atom stereocenters. The molecule has 0 saturated heterocycles. The van der Waals surface area contributed by atoms with E-state index in [1.807, 2.05) is 41.1 Å². The zero-order valence-electron chi connectivity index (χ0n) is 12.7. The average molecular weight is 294 g/mol. The van der Waals surface area contributed by atoms with Gasteiger partial charge >= 0.3 is 0 Å². The van der Waals surface area contributed by atoms with E-state index in [1.54, 1.807) is 7.11 Å². The number of carbonyl (C=O) groups is 1. The van der Waals surface area contributed by atoms with E-state index in [9.17, 15) is 4.79 Å². The molecule has 2 aromatic carbocycles. The second kappa shape index (κ2) is 6.02. The minimum atomic E-state index is 0.344. The Bertz CT molecular complexity index is 804. The molecule has 4 heteroatoms. The molecule has 0 saturated carbocycles. The van der Waals surface area contributed by atoms with Crippen molar-refractivity contribution in [3.8, 4) is 5.75 Å². The highest BCUT2D eigenvalue weighted by molar-refractivity contribution is 5.87. The molecule has 0 bridgehead atoms. The lowest BCUT2D eigenvalue weighted by Crippen LogP contribution is -2.02. The van der Waals surface area contributed by atoms with Crippen molar-refractivity contribution in [2.75, 3.05) is 7.11 Å². The SMILES string of the molecule is COc1ccc(Cn2nc(CC=O)c3c(C)cccc32)cc1. The van der Waals surface area contributed by atoms with Gasteiger partial charge in [0.15, 0.2) is 0 Å². The molecule has 0 unspecified atom stereocenters. The molecule has 22 heavy (non-hydrogen) atoms. The topological polar surface area (TPSA) is 44.1 Å². The maximum absolute atomic E-state index is 10.9. The second-order valence-corrected chi connectivity index (χ2v) is 5.29. The van der Waals surface area contributed by atoms with Crippen LogP contribution in [0.5, 0.6) is 5.75 Å². The number of fused-ring (bicyclic) bond motifs is 1. The maximum atomic E-state index is 10.9. The summed E-state index contributed by atoms with van der Waals surface area (Å²) in [6, 6.07) is 14.1. The Kier molecular flexibility index (Phi) is 3.92. The number of nitrogens with zero attached hydrogens (tertiary/aromatic N) is 2. The van der Waals surface area contributed by atoms with Crippen molar-refractivity contribution in [2.24, 2.45) is 0 Å². The van der Waals surface area contributed by atoms with Gasteiger partial charge in [-0.25, -0.2) is 0 Å². The van der Waals surface area contributed by atoms with Crippen LogP contribution in [0.25, 0.3) is 10.9 Å². The maximum Gasteiger partial charge on any atom is 0.126 e. The van der Waals surface area contributed by atoms with Crippen molar-refractivity contribution in [3.05, 3.63) is 59.3 Å². The van der Waals surface area contributed by atoms with Gasteiger partial charge in [0, 0.05) is 11.8 Å². The number of carbonyl (C=O) groups excluding carboxylic acids is 1. The predicted octanol–water partition coefficient (Wildman–Crippen LogP) is 3.14. The van der Waals surface area contributed by atoms with Gasteiger partial charge in [0.25, 0.3) is 0 Å². The number of methoxy groups -OCH3 is 1. The molecule has 0 amide bonds. The third-order valence-corrected chi connectivity index (χ3v) is 3.83. The molecular weight excluding hydrogens is 276 g/mol. The zero-order chi connectivity index (χ0) is 15.5. The smallest absolute Gasteiger partial charge is 0.126 e. The Morgan fingerprint density at radius 3 is 2.64 bits per heavy atom. The molecule has 1 heterocycles. The molecule has 3 aromatic rings. The summed E-state index contributed by atoms with van der Waals surface area (Å²) in [5, 5.41) is 5.72. The number of aryl methyl sites for hydroxylation is 1. The van der Waals surface area contributed by atoms with Crippen LogP contribution in [0.1, 0.15) is 16.8 Å². The predicted molar refractivity (Wildman–Crippen MR) is 86.3 cm³/mol. The van der Waals surface area contributed by atoms with Crippen molar-refractivity contribution in [1.82, 2.24) is 9.78 Å². The van der Waals surface area contributed by atoms with Gasteiger partial charge in [-0.05, 0) is 36.2 Å². The highest BCUT2D eigenvalue weighted by Gasteiger charge is 2.12. The van der Waals surface area contributed by atoms with E-state index in [4.69, 9.17) is 4.74 Å². The molecule has 3 rings (SSSR count). The molecule has 112 valence electrons. The summed E-state index contributed by atoms with van der Waals surface area (Å²) in [5.74, 6) is 0.839. The first-order valence-corrected chi connectivity index (χ1v) is 7.24. The van der Waals surface area contributed by atoms with E-state index in [-0.39, 0.29) is 0 Å². The fourth-order valence-corrected chi connectivity index (χ4v) is 2.74. The molecule has 1 aromatic heterocycles. The molecule has 4 nitrogen and oxygen atoms in total. The van der Waals surface area contributed by atoms with E-state index >= 15 is 0 Å². The summed E-state index contributed by atoms with van der Waals surface area (Å²) in [7, 11) is 1.66. The van der Waals surface area contributed by atoms with Gasteiger partial charge in [0.05, 0.1) is 24.9 Å². The molecule has 0 aliphatic heterocycles. The minimum absolute atomic E-state index is 0.344. The van der Waals surface area contributed by atoms with Gasteiger partial charge in [-0.1, -0.05) is 24.3 Å². The summed E-state index contributed by atoms with van der Waals surface area (Å²) in [6.07, 6.45) is 1.25. The second-order valence-electron chi connectivity index (χ2n) is 5.29. The Hall–Kier alpha value is -2.62. The first-order chi connectivity index (χ1) is 10.7. The summed E-state index contributed by atoms with van der Waals surface area (Å²) in [6.45, 7) is 2.72. The van der Waals surface area contributed by atoms with Crippen LogP contribution >= 0.6 is 0 Å². The monoisotopic (exact) mass is 294 g/mol. The lowest BCUT2D eigenvalue weighted by Gasteiger charge is -2.05. The normalized spacial score (nSPS) is 10.8. The van der Waals surface area contributed by atoms with Crippen LogP contribution in [0.3, 0.4) is 0 Å². The number of rotatable bonds is 5. The zero-order valence-corrected chi connectivity index (χ0v) is 12.7. The highest BCUT2D eigenvalue weighted by atomic mass is 16.5. The van der Waals surface area contributed by atoms with Crippen LogP contribution in [0, 0.1) is 6.92 Å². The number of hydrogen-bond acceptors (Lipinski definition) is 3. The molecule has 0 fully saturated rings. The largest absolute Gasteiger partial charge is 0.497 e. The molecule has 0 N–H and O–H groups in total. The van der Waals surface area contributed by atoms with Gasteiger partial charge in [-0.15, -0.1) is 0 Å². The van der Waals surface area contributed by atoms with Gasteiger partial charge in [0.1, 0.15) is 12.0 Å². The van der Waals surface area contributed by atoms with Crippen molar-refractivity contribution in [1.29, 1.82) is 0 Å². The minimum Gasteiger partial charge on any atom is -0.497 e. The van der Waals surface area contributed by atoms with Crippen molar-refractivity contribution < 1.29 is 9.53 Å². The molecule has 0 radical (unpaired) electrons. The molecule has 0 aliphatic carbocycles. The van der Waals surface area contributed by atoms with E-state index in [1.165, 1.54) is 0 Å². The highest BCUT2D eigenvalue weighted by Crippen LogP contribution is 2.23. The van der Waals surface area contributed by atoms with E-state index in [0.717, 1.165) is 39.8 Å². The standard InChI is InChI=1S/C18H18N2O2/c1-13-4-3-5-17-18(13)16(10-11-21)19-20(17)12-14-6-8-15(22-2)9-7-14/h3-9,11H,10,12H2,1-2H3. The first-order valence-electron chi connectivity index (χ1n) is 7.24. The Morgan fingerprint density at radius 1 is 1.18 bits per heavy atom. The lowest BCUT2D eigenvalue weighted by atomic mass is 10.1. The van der Waals surface area contributed by atoms with Gasteiger partial charge in [0.2, 0.25) is 0 Å². The number of aromatic nitrogens is 2. The van der Waals surface area contributed by atoms with Crippen molar-refractivity contribution in [3.63, 3.8) is 0 Å². The summed E-state index contributed by atoms with van der Waals surface area (Å²) in [4.78, 5) is 10.9. The quantitative estimate of drug-likeness (QED) is 0.679. The van der Waals surface area contributed by atoms with Crippen LogP contribution in [-0.2, 0) is 17.8 Å². The summed E-state index contributed by atoms with van der Waals surface area (Å²) in [5.41, 5.74) is 4.20. The third-order valence-electron chi connectivity index (χ3n) is 3.83. The van der Waals surface area contributed by atoms with Crippen molar-refractivity contribution in [2.45, 2.75) is 19.9 Å². The number of hydrogen-bond donors (Lipinski definition) is 0. The van der Waals surface area contributed by atoms with Gasteiger partial charge < -0.3 is 9.53 Å². The molecule has 0 spiro atoms. The van der Waals surface area contributed by atoms with Crippen LogP contribution in [-0.4, -0.2) is 23.2 Å². The average Bonchev–Trinajstić information content (AvgIpc) is 2.88. The first kappa shape index (κ1) is 14.3. The summed E-state index contributed by atoms with van der Waals surface area (Å²) >= 11 is 0. The molecule has 0 aliphatic rings. The summed E-state index contributed by atoms with van der Waals surface area (Å²) < 4.78 is 7.14. The van der Waals surface area contributed by atoms with Crippen LogP contribution in [0.15, 0.2) is 42.5 Å². The van der Waals surface area contributed by atoms with E-state index in [2.05, 4.69) is 18.1 Å². The van der Waals surface area contributed by atoms with Crippen LogP contribution in [0.2, 0.25) is 0 Å². The third kappa shape index (κ3) is 2.60. The van der Waals surface area contributed by atoms with Gasteiger partial charge in [-0.2, -0.15) is 5.10 Å². The van der Waals surface area contributed by atoms with Crippen molar-refractivity contribution >= 4 is 17.2 Å². The van der Waals surface area contributed by atoms with Crippen LogP contribution < -0.4 is 4.74 Å². The number of ether oxygens (including phenoxy) is 1. The number of aldehydes is 1. The van der Waals surface area contributed by atoms with Crippen LogP contribution in [0.4, 0.5) is 0 Å². The fraction of sp³-hybridized carbons (Fsp3) is 0.222. The van der Waals surface area contributed by atoms with E-state index < -0.39 is 0 Å². The Balaban J connectivity index is 2.02. The molecular formula is C18H18N2O2. The number of benzene rings is 2. The fourth-order valence-electron chi connectivity index (χ4n) is 2.74. The Labute approximate surface area is 129 Å². The van der Waals surface area contributed by atoms with E-state index in [0.29, 0.717) is 13.0 Å². The van der Waals surface area contributed by atoms with Gasteiger partial charge in [-0.3, -0.25) is 4.68 Å². The Morgan fingerprint density at radius 2 is 1.95 bits per heavy atom. The lowest BCUT2D eigenvalue weighted by molar-refractivity contribution is -0.107.